The Morgan fingerprint density at radius 3 is 2.94 bits per heavy atom. The third kappa shape index (κ3) is 1.82. The van der Waals surface area contributed by atoms with Crippen molar-refractivity contribution in [1.82, 2.24) is 5.32 Å². The van der Waals surface area contributed by atoms with Gasteiger partial charge in [-0.2, -0.15) is 5.26 Å². The number of nitrogens with one attached hydrogen (secondary N) is 1. The van der Waals surface area contributed by atoms with Crippen molar-refractivity contribution >= 4 is 0 Å². The maximum absolute atomic E-state index is 10.0. The van der Waals surface area contributed by atoms with E-state index in [1.807, 2.05) is 0 Å². The van der Waals surface area contributed by atoms with Crippen LogP contribution in [0.3, 0.4) is 0 Å². The summed E-state index contributed by atoms with van der Waals surface area (Å²) in [6.07, 6.45) is 0.978. The van der Waals surface area contributed by atoms with Crippen molar-refractivity contribution in [3.05, 3.63) is 23.3 Å². The minimum Gasteiger partial charge on any atom is -0.504 e. The summed E-state index contributed by atoms with van der Waals surface area (Å²) in [6, 6.07) is 5.38. The molecule has 4 nitrogen and oxygen atoms in total. The predicted molar refractivity (Wildman–Crippen MR) is 59.6 cm³/mol. The van der Waals surface area contributed by atoms with Crippen molar-refractivity contribution in [2.24, 2.45) is 0 Å². The standard InChI is InChI=1S/C12H14N2O2/c1-16-11-5-8(6-13)4-10(12(11)15)9-2-3-14-7-9/h4-5,9,14-15H,2-3,7H2,1H3. The lowest BCUT2D eigenvalue weighted by Gasteiger charge is -2.14. The van der Waals surface area contributed by atoms with Gasteiger partial charge in [-0.1, -0.05) is 0 Å². The van der Waals surface area contributed by atoms with Gasteiger partial charge >= 0.3 is 0 Å². The van der Waals surface area contributed by atoms with Gasteiger partial charge in [0.25, 0.3) is 0 Å². The Morgan fingerprint density at radius 2 is 2.38 bits per heavy atom. The zero-order chi connectivity index (χ0) is 11.5. The number of benzene rings is 1. The molecule has 1 aromatic carbocycles. The molecule has 1 aliphatic heterocycles. The molecule has 0 spiro atoms. The van der Waals surface area contributed by atoms with Crippen molar-refractivity contribution in [2.45, 2.75) is 12.3 Å². The molecule has 84 valence electrons. The topological polar surface area (TPSA) is 65.3 Å². The second-order valence-electron chi connectivity index (χ2n) is 3.92. The van der Waals surface area contributed by atoms with E-state index in [1.165, 1.54) is 7.11 Å². The molecule has 0 saturated carbocycles. The van der Waals surface area contributed by atoms with E-state index in [0.29, 0.717) is 11.3 Å². The summed E-state index contributed by atoms with van der Waals surface area (Å²) in [5.74, 6) is 0.804. The SMILES string of the molecule is COc1cc(C#N)cc(C2CCNC2)c1O. The van der Waals surface area contributed by atoms with Crippen LogP contribution in [-0.4, -0.2) is 25.3 Å². The Balaban J connectivity index is 2.46. The van der Waals surface area contributed by atoms with E-state index < -0.39 is 0 Å². The van der Waals surface area contributed by atoms with Crippen molar-refractivity contribution in [3.8, 4) is 17.6 Å². The van der Waals surface area contributed by atoms with Crippen LogP contribution in [0.2, 0.25) is 0 Å². The smallest absolute Gasteiger partial charge is 0.162 e. The van der Waals surface area contributed by atoms with Crippen molar-refractivity contribution < 1.29 is 9.84 Å². The van der Waals surface area contributed by atoms with Crippen molar-refractivity contribution in [2.75, 3.05) is 20.2 Å². The van der Waals surface area contributed by atoms with Gasteiger partial charge in [-0.15, -0.1) is 0 Å². The molecule has 16 heavy (non-hydrogen) atoms. The van der Waals surface area contributed by atoms with Crippen LogP contribution in [0, 0.1) is 11.3 Å². The molecule has 0 amide bonds. The van der Waals surface area contributed by atoms with Gasteiger partial charge in [0, 0.05) is 24.1 Å². The average molecular weight is 218 g/mol. The Hall–Kier alpha value is -1.73. The molecule has 0 aromatic heterocycles. The van der Waals surface area contributed by atoms with Gasteiger partial charge < -0.3 is 15.2 Å². The van der Waals surface area contributed by atoms with Crippen LogP contribution in [0.5, 0.6) is 11.5 Å². The Labute approximate surface area is 94.5 Å². The molecular weight excluding hydrogens is 204 g/mol. The summed E-state index contributed by atoms with van der Waals surface area (Å²) in [5.41, 5.74) is 1.33. The molecule has 1 fully saturated rings. The van der Waals surface area contributed by atoms with Crippen molar-refractivity contribution in [3.63, 3.8) is 0 Å². The van der Waals surface area contributed by atoms with Crippen LogP contribution in [-0.2, 0) is 0 Å². The maximum Gasteiger partial charge on any atom is 0.162 e. The predicted octanol–water partition coefficient (Wildman–Crippen LogP) is 1.35. The Morgan fingerprint density at radius 1 is 1.56 bits per heavy atom. The van der Waals surface area contributed by atoms with Gasteiger partial charge in [0.05, 0.1) is 18.7 Å². The molecule has 0 bridgehead atoms. The summed E-state index contributed by atoms with van der Waals surface area (Å²) in [7, 11) is 1.49. The lowest BCUT2D eigenvalue weighted by molar-refractivity contribution is 0.368. The number of ether oxygens (including phenoxy) is 1. The van der Waals surface area contributed by atoms with Crippen LogP contribution >= 0.6 is 0 Å². The van der Waals surface area contributed by atoms with Gasteiger partial charge in [0.1, 0.15) is 0 Å². The van der Waals surface area contributed by atoms with E-state index in [-0.39, 0.29) is 11.7 Å². The zero-order valence-electron chi connectivity index (χ0n) is 9.16. The van der Waals surface area contributed by atoms with E-state index in [1.54, 1.807) is 12.1 Å². The molecule has 2 N–H and O–H groups in total. The van der Waals surface area contributed by atoms with E-state index in [2.05, 4.69) is 11.4 Å². The second-order valence-corrected chi connectivity index (χ2v) is 3.92. The fraction of sp³-hybridized carbons (Fsp3) is 0.417. The zero-order valence-corrected chi connectivity index (χ0v) is 9.16. The average Bonchev–Trinajstić information content (AvgIpc) is 2.83. The highest BCUT2D eigenvalue weighted by molar-refractivity contribution is 5.53. The number of rotatable bonds is 2. The fourth-order valence-corrected chi connectivity index (χ4v) is 2.08. The molecule has 0 radical (unpaired) electrons. The van der Waals surface area contributed by atoms with Gasteiger partial charge in [-0.25, -0.2) is 0 Å². The quantitative estimate of drug-likeness (QED) is 0.786. The van der Waals surface area contributed by atoms with Crippen LogP contribution in [0.1, 0.15) is 23.5 Å². The lowest BCUT2D eigenvalue weighted by Crippen LogP contribution is -2.08. The normalized spacial score (nSPS) is 19.4. The Bertz CT molecular complexity index is 431. The summed E-state index contributed by atoms with van der Waals surface area (Å²) >= 11 is 0. The number of phenols is 1. The fourth-order valence-electron chi connectivity index (χ4n) is 2.08. The molecular formula is C12H14N2O2. The largest absolute Gasteiger partial charge is 0.504 e. The van der Waals surface area contributed by atoms with Gasteiger partial charge in [-0.05, 0) is 19.0 Å². The number of aromatic hydroxyl groups is 1. The number of nitriles is 1. The molecule has 4 heteroatoms. The van der Waals surface area contributed by atoms with Crippen LogP contribution in [0.4, 0.5) is 0 Å². The molecule has 0 aliphatic carbocycles. The molecule has 1 heterocycles. The lowest BCUT2D eigenvalue weighted by atomic mass is 9.95. The minimum absolute atomic E-state index is 0.162. The van der Waals surface area contributed by atoms with Crippen LogP contribution < -0.4 is 10.1 Å². The highest BCUT2D eigenvalue weighted by Gasteiger charge is 2.22. The highest BCUT2D eigenvalue weighted by atomic mass is 16.5. The third-order valence-electron chi connectivity index (χ3n) is 2.95. The molecule has 1 aromatic rings. The van der Waals surface area contributed by atoms with Crippen LogP contribution in [0.25, 0.3) is 0 Å². The molecule has 1 saturated heterocycles. The first-order valence-electron chi connectivity index (χ1n) is 5.28. The molecule has 1 atom stereocenters. The first-order valence-corrected chi connectivity index (χ1v) is 5.28. The highest BCUT2D eigenvalue weighted by Crippen LogP contribution is 2.37. The second kappa shape index (κ2) is 4.42. The maximum atomic E-state index is 10.0. The van der Waals surface area contributed by atoms with E-state index in [9.17, 15) is 5.11 Å². The number of hydrogen-bond donors (Lipinski definition) is 2. The van der Waals surface area contributed by atoms with Gasteiger partial charge in [0.2, 0.25) is 0 Å². The third-order valence-corrected chi connectivity index (χ3v) is 2.95. The molecule has 1 unspecified atom stereocenters. The van der Waals surface area contributed by atoms with Crippen molar-refractivity contribution in [1.29, 1.82) is 5.26 Å². The minimum atomic E-state index is 0.162. The molecule has 1 aliphatic rings. The first kappa shape index (κ1) is 10.8. The monoisotopic (exact) mass is 218 g/mol. The number of methoxy groups -OCH3 is 1. The number of nitrogens with zero attached hydrogens (tertiary/aromatic N) is 1. The summed E-state index contributed by atoms with van der Waals surface area (Å²) in [6.45, 7) is 1.79. The first-order chi connectivity index (χ1) is 7.76. The number of hydrogen-bond acceptors (Lipinski definition) is 4. The van der Waals surface area contributed by atoms with E-state index in [0.717, 1.165) is 25.1 Å². The van der Waals surface area contributed by atoms with Crippen LogP contribution in [0.15, 0.2) is 12.1 Å². The van der Waals surface area contributed by atoms with Gasteiger partial charge in [-0.3, -0.25) is 0 Å². The summed E-state index contributed by atoms with van der Waals surface area (Å²) in [4.78, 5) is 0. The Kier molecular flexibility index (Phi) is 2.97. The summed E-state index contributed by atoms with van der Waals surface area (Å²) in [5, 5.41) is 22.2. The molecule has 2 rings (SSSR count). The van der Waals surface area contributed by atoms with E-state index in [4.69, 9.17) is 10.00 Å². The van der Waals surface area contributed by atoms with E-state index >= 15 is 0 Å². The van der Waals surface area contributed by atoms with Gasteiger partial charge in [0.15, 0.2) is 11.5 Å². The number of phenolic OH excluding ortho intramolecular Hbond substituents is 1. The summed E-state index contributed by atoms with van der Waals surface area (Å²) < 4.78 is 5.07.